The quantitative estimate of drug-likeness (QED) is 0.364. The number of hydrogen-bond donors (Lipinski definition) is 1. The number of halogens is 1. The monoisotopic (exact) mass is 269 g/mol. The third-order valence-electron chi connectivity index (χ3n) is 1.29. The zero-order valence-electron chi connectivity index (χ0n) is 6.28. The molecule has 0 atom stereocenters. The van der Waals surface area contributed by atoms with Gasteiger partial charge in [-0.05, 0) is 18.4 Å². The number of rotatable bonds is 4. The standard InChI is InChI=1S/C7H12INS/c1-3-6(5-9-8)7(10)4-2/h5,9H,3-4H2,1-2H3. The van der Waals surface area contributed by atoms with Gasteiger partial charge in [0, 0.05) is 11.1 Å². The van der Waals surface area contributed by atoms with Crippen LogP contribution < -0.4 is 3.53 Å². The lowest BCUT2D eigenvalue weighted by Gasteiger charge is -2.02. The Bertz CT molecular complexity index is 143. The molecule has 3 heteroatoms. The predicted octanol–water partition coefficient (Wildman–Crippen LogP) is 3.00. The lowest BCUT2D eigenvalue weighted by atomic mass is 10.1. The first-order chi connectivity index (χ1) is 4.76. The van der Waals surface area contributed by atoms with Crippen molar-refractivity contribution in [2.24, 2.45) is 0 Å². The maximum Gasteiger partial charge on any atom is 0.0555 e. The van der Waals surface area contributed by atoms with Gasteiger partial charge in [0.15, 0.2) is 0 Å². The first-order valence-corrected chi connectivity index (χ1v) is 4.83. The van der Waals surface area contributed by atoms with E-state index >= 15 is 0 Å². The second-order valence-electron chi connectivity index (χ2n) is 1.91. The first kappa shape index (κ1) is 10.4. The van der Waals surface area contributed by atoms with Crippen molar-refractivity contribution in [2.75, 3.05) is 0 Å². The minimum absolute atomic E-state index is 0.966. The molecule has 0 bridgehead atoms. The van der Waals surface area contributed by atoms with E-state index in [0.717, 1.165) is 17.7 Å². The number of nitrogens with one attached hydrogen (secondary N) is 1. The highest BCUT2D eigenvalue weighted by Gasteiger charge is 1.97. The van der Waals surface area contributed by atoms with Crippen LogP contribution in [-0.4, -0.2) is 4.86 Å². The fourth-order valence-corrected chi connectivity index (χ4v) is 1.25. The molecule has 0 spiro atoms. The van der Waals surface area contributed by atoms with Crippen LogP contribution in [0.1, 0.15) is 26.7 Å². The van der Waals surface area contributed by atoms with Crippen LogP contribution in [0.25, 0.3) is 0 Å². The Kier molecular flexibility index (Phi) is 6.31. The second kappa shape index (κ2) is 6.09. The van der Waals surface area contributed by atoms with Crippen LogP contribution in [0.3, 0.4) is 0 Å². The van der Waals surface area contributed by atoms with Crippen molar-refractivity contribution < 1.29 is 0 Å². The normalized spacial score (nSPS) is 11.3. The van der Waals surface area contributed by atoms with E-state index in [1.54, 1.807) is 0 Å². The summed E-state index contributed by atoms with van der Waals surface area (Å²) in [6.07, 6.45) is 3.95. The molecule has 0 unspecified atom stereocenters. The molecular weight excluding hydrogens is 257 g/mol. The van der Waals surface area contributed by atoms with E-state index < -0.39 is 0 Å². The van der Waals surface area contributed by atoms with E-state index in [0.29, 0.717) is 0 Å². The van der Waals surface area contributed by atoms with E-state index in [1.165, 1.54) is 5.57 Å². The molecule has 0 aromatic heterocycles. The molecule has 0 aliphatic heterocycles. The van der Waals surface area contributed by atoms with Crippen molar-refractivity contribution in [3.05, 3.63) is 11.8 Å². The molecule has 0 aromatic rings. The molecule has 0 saturated heterocycles. The van der Waals surface area contributed by atoms with Gasteiger partial charge in [-0.1, -0.05) is 26.1 Å². The first-order valence-electron chi connectivity index (χ1n) is 3.34. The van der Waals surface area contributed by atoms with Crippen LogP contribution in [-0.2, 0) is 0 Å². The summed E-state index contributed by atoms with van der Waals surface area (Å²) in [6.45, 7) is 4.20. The summed E-state index contributed by atoms with van der Waals surface area (Å²) < 4.78 is 2.95. The van der Waals surface area contributed by atoms with Crippen molar-refractivity contribution in [3.8, 4) is 0 Å². The van der Waals surface area contributed by atoms with Gasteiger partial charge < -0.3 is 3.53 Å². The Hall–Kier alpha value is 0.360. The van der Waals surface area contributed by atoms with E-state index in [4.69, 9.17) is 12.2 Å². The molecular formula is C7H12INS. The highest BCUT2D eigenvalue weighted by molar-refractivity contribution is 14.1. The summed E-state index contributed by atoms with van der Waals surface area (Å²) in [5.41, 5.74) is 1.24. The van der Waals surface area contributed by atoms with Gasteiger partial charge in [0.1, 0.15) is 0 Å². The lowest BCUT2D eigenvalue weighted by molar-refractivity contribution is 1.13. The largest absolute Gasteiger partial charge is 0.335 e. The van der Waals surface area contributed by atoms with Gasteiger partial charge in [-0.2, -0.15) is 0 Å². The van der Waals surface area contributed by atoms with Crippen LogP contribution in [0.2, 0.25) is 0 Å². The smallest absolute Gasteiger partial charge is 0.0555 e. The van der Waals surface area contributed by atoms with Crippen molar-refractivity contribution >= 4 is 39.9 Å². The fourth-order valence-electron chi connectivity index (χ4n) is 0.673. The summed E-state index contributed by atoms with van der Waals surface area (Å²) in [5.74, 6) is 0. The van der Waals surface area contributed by atoms with Gasteiger partial charge in [0.2, 0.25) is 0 Å². The van der Waals surface area contributed by atoms with Crippen LogP contribution in [0.15, 0.2) is 11.8 Å². The van der Waals surface area contributed by atoms with Gasteiger partial charge >= 0.3 is 0 Å². The molecule has 1 N–H and O–H groups in total. The molecule has 1 nitrogen and oxygen atoms in total. The molecule has 0 radical (unpaired) electrons. The molecule has 0 amide bonds. The molecule has 0 saturated carbocycles. The van der Waals surface area contributed by atoms with E-state index in [2.05, 4.69) is 40.2 Å². The van der Waals surface area contributed by atoms with Crippen molar-refractivity contribution in [3.63, 3.8) is 0 Å². The summed E-state index contributed by atoms with van der Waals surface area (Å²) in [5, 5.41) is 0. The molecule has 0 rings (SSSR count). The summed E-state index contributed by atoms with van der Waals surface area (Å²) in [7, 11) is 0. The number of thiocarbonyl (C=S) groups is 1. The molecule has 0 aromatic carbocycles. The number of hydrogen-bond acceptors (Lipinski definition) is 2. The van der Waals surface area contributed by atoms with Gasteiger partial charge in [-0.3, -0.25) is 0 Å². The predicted molar refractivity (Wildman–Crippen MR) is 58.4 cm³/mol. The SMILES string of the molecule is CCC(=S)C(=CNI)CC. The van der Waals surface area contributed by atoms with Gasteiger partial charge in [-0.15, -0.1) is 0 Å². The van der Waals surface area contributed by atoms with E-state index in [1.807, 2.05) is 6.20 Å². The van der Waals surface area contributed by atoms with Gasteiger partial charge in [0.25, 0.3) is 0 Å². The fraction of sp³-hybridized carbons (Fsp3) is 0.571. The topological polar surface area (TPSA) is 12.0 Å². The van der Waals surface area contributed by atoms with Crippen LogP contribution in [0.4, 0.5) is 0 Å². The maximum atomic E-state index is 5.13. The average Bonchev–Trinajstić information content (AvgIpc) is 1.99. The van der Waals surface area contributed by atoms with E-state index in [9.17, 15) is 0 Å². The third-order valence-corrected chi connectivity index (χ3v) is 2.15. The highest BCUT2D eigenvalue weighted by Crippen LogP contribution is 2.05. The van der Waals surface area contributed by atoms with Crippen LogP contribution in [0, 0.1) is 0 Å². The minimum atomic E-state index is 0.966. The average molecular weight is 269 g/mol. The van der Waals surface area contributed by atoms with Crippen molar-refractivity contribution in [1.29, 1.82) is 0 Å². The molecule has 0 aliphatic rings. The highest BCUT2D eigenvalue weighted by atomic mass is 127. The third kappa shape index (κ3) is 3.51. The molecule has 0 heterocycles. The molecule has 0 fully saturated rings. The summed E-state index contributed by atoms with van der Waals surface area (Å²) >= 11 is 7.22. The van der Waals surface area contributed by atoms with Crippen molar-refractivity contribution in [1.82, 2.24) is 3.53 Å². The Morgan fingerprint density at radius 1 is 1.50 bits per heavy atom. The van der Waals surface area contributed by atoms with Crippen LogP contribution >= 0.6 is 35.1 Å². The second-order valence-corrected chi connectivity index (χ2v) is 3.02. The van der Waals surface area contributed by atoms with Crippen molar-refractivity contribution in [2.45, 2.75) is 26.7 Å². The molecule has 58 valence electrons. The van der Waals surface area contributed by atoms with Crippen LogP contribution in [0.5, 0.6) is 0 Å². The Balaban J connectivity index is 4.06. The maximum absolute atomic E-state index is 5.13. The molecule has 10 heavy (non-hydrogen) atoms. The summed E-state index contributed by atoms with van der Waals surface area (Å²) in [4.78, 5) is 1.06. The van der Waals surface area contributed by atoms with E-state index in [-0.39, 0.29) is 0 Å². The lowest BCUT2D eigenvalue weighted by Crippen LogP contribution is -1.99. The zero-order chi connectivity index (χ0) is 7.98. The number of allylic oxidation sites excluding steroid dienone is 1. The minimum Gasteiger partial charge on any atom is -0.335 e. The summed E-state index contributed by atoms with van der Waals surface area (Å²) in [6, 6.07) is 0. The Labute approximate surface area is 81.8 Å². The Morgan fingerprint density at radius 2 is 2.10 bits per heavy atom. The molecule has 0 aliphatic carbocycles. The Morgan fingerprint density at radius 3 is 2.40 bits per heavy atom. The van der Waals surface area contributed by atoms with Gasteiger partial charge in [-0.25, -0.2) is 0 Å². The van der Waals surface area contributed by atoms with Gasteiger partial charge in [0.05, 0.1) is 22.9 Å². The zero-order valence-corrected chi connectivity index (χ0v) is 9.25.